The zero-order valence-electron chi connectivity index (χ0n) is 17.9. The van der Waals surface area contributed by atoms with Crippen molar-refractivity contribution in [3.8, 4) is 0 Å². The average Bonchev–Trinajstić information content (AvgIpc) is 2.83. The van der Waals surface area contributed by atoms with Crippen molar-refractivity contribution in [3.05, 3.63) is 117 Å². The van der Waals surface area contributed by atoms with E-state index in [9.17, 15) is 14.9 Å². The van der Waals surface area contributed by atoms with Crippen LogP contribution in [-0.4, -0.2) is 16.0 Å². The fourth-order valence-electron chi connectivity index (χ4n) is 3.48. The number of aliphatic imine (C=N–C) groups is 1. The molecule has 1 atom stereocenters. The molecule has 0 fully saturated rings. The molecule has 0 saturated heterocycles. The number of non-ortho nitro benzene ring substituents is 1. The Morgan fingerprint density at radius 1 is 1.03 bits per heavy atom. The van der Waals surface area contributed by atoms with Gasteiger partial charge in [-0.1, -0.05) is 72.4 Å². The van der Waals surface area contributed by atoms with E-state index in [1.807, 2.05) is 67.6 Å². The third-order valence-electron chi connectivity index (χ3n) is 5.13. The molecule has 0 spiro atoms. The lowest BCUT2D eigenvalue weighted by Gasteiger charge is -2.26. The lowest BCUT2D eigenvalue weighted by molar-refractivity contribution is -0.384. The lowest BCUT2D eigenvalue weighted by Crippen LogP contribution is -2.32. The lowest BCUT2D eigenvalue weighted by atomic mass is 9.96. The van der Waals surface area contributed by atoms with Crippen molar-refractivity contribution in [3.63, 3.8) is 0 Å². The first-order valence-electron chi connectivity index (χ1n) is 10.3. The molecule has 4 rings (SSSR count). The van der Waals surface area contributed by atoms with Crippen LogP contribution < -0.4 is 10.6 Å². The zero-order valence-corrected chi connectivity index (χ0v) is 18.7. The van der Waals surface area contributed by atoms with Crippen LogP contribution in [0.4, 0.5) is 11.4 Å². The van der Waals surface area contributed by atoms with Crippen LogP contribution in [0.5, 0.6) is 0 Å². The summed E-state index contributed by atoms with van der Waals surface area (Å²) < 4.78 is 0. The van der Waals surface area contributed by atoms with Gasteiger partial charge in [0.05, 0.1) is 10.5 Å². The Morgan fingerprint density at radius 3 is 2.30 bits per heavy atom. The average molecular weight is 459 g/mol. The van der Waals surface area contributed by atoms with E-state index in [0.29, 0.717) is 16.5 Å². The molecule has 0 bridgehead atoms. The molecule has 0 aromatic heterocycles. The largest absolute Gasteiger partial charge is 0.338 e. The van der Waals surface area contributed by atoms with E-state index < -0.39 is 11.0 Å². The molecule has 1 aliphatic rings. The Bertz CT molecular complexity index is 1210. The fourth-order valence-corrected chi connectivity index (χ4v) is 4.38. The molecule has 0 unspecified atom stereocenters. The summed E-state index contributed by atoms with van der Waals surface area (Å²) in [4.78, 5) is 28.5. The van der Waals surface area contributed by atoms with Crippen molar-refractivity contribution in [2.75, 3.05) is 5.32 Å². The number of nitro groups is 1. The van der Waals surface area contributed by atoms with Gasteiger partial charge in [-0.25, -0.2) is 4.99 Å². The first kappa shape index (κ1) is 22.3. The third-order valence-corrected chi connectivity index (χ3v) is 6.09. The van der Waals surface area contributed by atoms with E-state index in [-0.39, 0.29) is 11.6 Å². The number of hydrogen-bond acceptors (Lipinski definition) is 6. The molecule has 2 N–H and O–H groups in total. The van der Waals surface area contributed by atoms with E-state index >= 15 is 0 Å². The highest BCUT2D eigenvalue weighted by molar-refractivity contribution is 8.13. The second kappa shape index (κ2) is 10.1. The minimum Gasteiger partial charge on any atom is -0.338 e. The topological polar surface area (TPSA) is 96.6 Å². The van der Waals surface area contributed by atoms with E-state index in [1.165, 1.54) is 23.9 Å². The maximum Gasteiger partial charge on any atom is 0.269 e. The van der Waals surface area contributed by atoms with Gasteiger partial charge in [-0.05, 0) is 30.2 Å². The normalized spacial score (nSPS) is 15.4. The standard InChI is InChI=1S/C25H22N4O3S/c1-17-22(24(30)27-20-10-6-3-7-11-20)23(19-8-4-2-5-9-19)28-25(26-17)33-16-18-12-14-21(15-13-18)29(31)32/h2-15,23H,16H2,1H3,(H,26,28)(H,27,30)/t23-/m1/s1. The van der Waals surface area contributed by atoms with Gasteiger partial charge in [0, 0.05) is 29.3 Å². The predicted molar refractivity (Wildman–Crippen MR) is 132 cm³/mol. The molecule has 1 aliphatic heterocycles. The van der Waals surface area contributed by atoms with Gasteiger partial charge >= 0.3 is 0 Å². The highest BCUT2D eigenvalue weighted by atomic mass is 32.2. The quantitative estimate of drug-likeness (QED) is 0.379. The number of nitrogens with zero attached hydrogens (tertiary/aromatic N) is 2. The highest BCUT2D eigenvalue weighted by Crippen LogP contribution is 2.33. The van der Waals surface area contributed by atoms with Crippen LogP contribution in [0.2, 0.25) is 0 Å². The van der Waals surface area contributed by atoms with Gasteiger partial charge in [0.2, 0.25) is 0 Å². The number of amides is 1. The Morgan fingerprint density at radius 2 is 1.67 bits per heavy atom. The van der Waals surface area contributed by atoms with Crippen LogP contribution in [0.25, 0.3) is 0 Å². The van der Waals surface area contributed by atoms with E-state index in [1.54, 1.807) is 12.1 Å². The second-order valence-electron chi connectivity index (χ2n) is 7.44. The number of para-hydroxylation sites is 1. The van der Waals surface area contributed by atoms with E-state index in [4.69, 9.17) is 4.99 Å². The molecule has 166 valence electrons. The summed E-state index contributed by atoms with van der Waals surface area (Å²) in [6.07, 6.45) is 0. The number of thioether (sulfide) groups is 1. The van der Waals surface area contributed by atoms with Crippen LogP contribution in [-0.2, 0) is 10.5 Å². The number of nitrogens with one attached hydrogen (secondary N) is 2. The first-order chi connectivity index (χ1) is 16.0. The smallest absolute Gasteiger partial charge is 0.269 e. The summed E-state index contributed by atoms with van der Waals surface area (Å²) in [5.74, 6) is 0.382. The van der Waals surface area contributed by atoms with Gasteiger partial charge in [-0.2, -0.15) is 0 Å². The Labute approximate surface area is 195 Å². The van der Waals surface area contributed by atoms with E-state index in [2.05, 4.69) is 10.6 Å². The molecule has 1 amide bonds. The van der Waals surface area contributed by atoms with Gasteiger partial charge in [0.25, 0.3) is 11.6 Å². The fraction of sp³-hybridized carbons (Fsp3) is 0.120. The summed E-state index contributed by atoms with van der Waals surface area (Å²) in [6.45, 7) is 1.87. The molecule has 1 heterocycles. The molecule has 7 nitrogen and oxygen atoms in total. The Hall–Kier alpha value is -3.91. The Kier molecular flexibility index (Phi) is 6.85. The van der Waals surface area contributed by atoms with E-state index in [0.717, 1.165) is 22.5 Å². The van der Waals surface area contributed by atoms with Crippen molar-refractivity contribution < 1.29 is 9.72 Å². The molecule has 0 aliphatic carbocycles. The summed E-state index contributed by atoms with van der Waals surface area (Å²) in [7, 11) is 0. The number of carbonyl (C=O) groups excluding carboxylic acids is 1. The predicted octanol–water partition coefficient (Wildman–Crippen LogP) is 5.44. The van der Waals surface area contributed by atoms with Crippen LogP contribution in [0.15, 0.2) is 101 Å². The van der Waals surface area contributed by atoms with Crippen molar-refractivity contribution in [2.24, 2.45) is 4.99 Å². The first-order valence-corrected chi connectivity index (χ1v) is 11.3. The molecule has 0 saturated carbocycles. The van der Waals surface area contributed by atoms with Crippen LogP contribution >= 0.6 is 11.8 Å². The number of rotatable bonds is 6. The zero-order chi connectivity index (χ0) is 23.2. The SMILES string of the molecule is CC1=C(C(=O)Nc2ccccc2)[C@@H](c2ccccc2)N=C(SCc2ccc([N+](=O)[O-])cc2)N1. The number of benzene rings is 3. The second-order valence-corrected chi connectivity index (χ2v) is 8.41. The number of nitro benzene ring substituents is 1. The van der Waals surface area contributed by atoms with Crippen molar-refractivity contribution >= 4 is 34.2 Å². The van der Waals surface area contributed by atoms with Crippen molar-refractivity contribution in [2.45, 2.75) is 18.7 Å². The van der Waals surface area contributed by atoms with Gasteiger partial charge in [-0.3, -0.25) is 14.9 Å². The van der Waals surface area contributed by atoms with Crippen molar-refractivity contribution in [1.82, 2.24) is 5.32 Å². The summed E-state index contributed by atoms with van der Waals surface area (Å²) >= 11 is 1.49. The number of carbonyl (C=O) groups is 1. The van der Waals surface area contributed by atoms with Crippen LogP contribution in [0.3, 0.4) is 0 Å². The monoisotopic (exact) mass is 458 g/mol. The molecule has 3 aromatic carbocycles. The maximum atomic E-state index is 13.2. The molecular formula is C25H22N4O3S. The van der Waals surface area contributed by atoms with Gasteiger partial charge in [0.15, 0.2) is 5.17 Å². The third kappa shape index (κ3) is 5.48. The van der Waals surface area contributed by atoms with Gasteiger partial charge in [-0.15, -0.1) is 0 Å². The van der Waals surface area contributed by atoms with Gasteiger partial charge < -0.3 is 10.6 Å². The minimum absolute atomic E-state index is 0.0638. The number of anilines is 1. The van der Waals surface area contributed by atoms with Crippen molar-refractivity contribution in [1.29, 1.82) is 0 Å². The van der Waals surface area contributed by atoms with Crippen LogP contribution in [0, 0.1) is 10.1 Å². The Balaban J connectivity index is 1.56. The molecular weight excluding hydrogens is 436 g/mol. The summed E-state index contributed by atoms with van der Waals surface area (Å²) in [5.41, 5.74) is 3.94. The summed E-state index contributed by atoms with van der Waals surface area (Å²) in [6, 6.07) is 25.1. The van der Waals surface area contributed by atoms with Crippen LogP contribution in [0.1, 0.15) is 24.1 Å². The molecule has 8 heteroatoms. The number of allylic oxidation sites excluding steroid dienone is 1. The molecule has 33 heavy (non-hydrogen) atoms. The minimum atomic E-state index is -0.449. The number of amidine groups is 1. The van der Waals surface area contributed by atoms with Gasteiger partial charge in [0.1, 0.15) is 6.04 Å². The summed E-state index contributed by atoms with van der Waals surface area (Å²) in [5, 5.41) is 17.8. The molecule has 3 aromatic rings. The number of hydrogen-bond donors (Lipinski definition) is 2. The molecule has 0 radical (unpaired) electrons. The highest BCUT2D eigenvalue weighted by Gasteiger charge is 2.29. The maximum absolute atomic E-state index is 13.2.